The van der Waals surface area contributed by atoms with Crippen molar-refractivity contribution in [1.29, 1.82) is 0 Å². The summed E-state index contributed by atoms with van der Waals surface area (Å²) in [4.78, 5) is 105. The lowest BCUT2D eigenvalue weighted by atomic mass is 10.00. The number of rotatable bonds is 10. The molecule has 0 aliphatic carbocycles. The standard InChI is InChI=1S/C39H45N7O10/c1-21(2)33-37(53)44-30(38(54)55)19-31(47)41-27(18-24-13-15-25(16-14-24)40-39(56)45-26-12-8-7-9-22(26)3)34(50)42-28(17-23-10-5-4-6-11-23)35(51)43-29(20-32(48)49)36(52)46-33/h4-16,21,27-30,33H,17-20H2,1-3H3,(H,41,47)(H,42,50)(H,43,51)(H,44,53)(H,46,52)(H,48,49)(H,54,55)(H2,40,45,56)/t27-,28-,29-,30-,33-/m0/s1. The molecule has 0 radical (unpaired) electrons. The van der Waals surface area contributed by atoms with Crippen LogP contribution in [0.2, 0.25) is 0 Å². The van der Waals surface area contributed by atoms with Crippen LogP contribution in [0.25, 0.3) is 0 Å². The number of carboxylic acid groups (broad SMARTS) is 2. The lowest BCUT2D eigenvalue weighted by Crippen LogP contribution is -2.61. The summed E-state index contributed by atoms with van der Waals surface area (Å²) >= 11 is 0. The summed E-state index contributed by atoms with van der Waals surface area (Å²) < 4.78 is 0. The van der Waals surface area contributed by atoms with Crippen LogP contribution in [0, 0.1) is 12.8 Å². The number of urea groups is 1. The number of aliphatic carboxylic acids is 2. The Hall–Kier alpha value is -6.78. The maximum atomic E-state index is 14.0. The van der Waals surface area contributed by atoms with Crippen LogP contribution in [0.15, 0.2) is 78.9 Å². The molecule has 0 unspecified atom stereocenters. The summed E-state index contributed by atoms with van der Waals surface area (Å²) in [6.45, 7) is 4.95. The first-order valence-electron chi connectivity index (χ1n) is 17.8. The number of amides is 7. The van der Waals surface area contributed by atoms with Crippen molar-refractivity contribution in [2.45, 2.75) is 76.7 Å². The van der Waals surface area contributed by atoms with Crippen LogP contribution in [0.3, 0.4) is 0 Å². The minimum atomic E-state index is -1.78. The van der Waals surface area contributed by atoms with Gasteiger partial charge in [0.05, 0.1) is 12.8 Å². The Kier molecular flexibility index (Phi) is 14.6. The predicted molar refractivity (Wildman–Crippen MR) is 203 cm³/mol. The average Bonchev–Trinajstić information content (AvgIpc) is 3.13. The second-order valence-electron chi connectivity index (χ2n) is 13.7. The van der Waals surface area contributed by atoms with Crippen molar-refractivity contribution in [3.05, 3.63) is 95.6 Å². The molecule has 0 saturated carbocycles. The zero-order valence-electron chi connectivity index (χ0n) is 31.0. The third kappa shape index (κ3) is 12.4. The predicted octanol–water partition coefficient (Wildman–Crippen LogP) is 1.47. The van der Waals surface area contributed by atoms with E-state index in [1.165, 1.54) is 0 Å². The molecule has 0 bridgehead atoms. The molecule has 7 amide bonds. The van der Waals surface area contributed by atoms with Gasteiger partial charge in [0.2, 0.25) is 29.5 Å². The first kappa shape index (κ1) is 42.0. The first-order valence-corrected chi connectivity index (χ1v) is 17.8. The molecule has 1 fully saturated rings. The van der Waals surface area contributed by atoms with E-state index in [-0.39, 0.29) is 12.8 Å². The van der Waals surface area contributed by atoms with Crippen molar-refractivity contribution >= 4 is 58.9 Å². The quantitative estimate of drug-likeness (QED) is 0.143. The molecule has 1 heterocycles. The van der Waals surface area contributed by atoms with E-state index in [0.29, 0.717) is 22.5 Å². The van der Waals surface area contributed by atoms with E-state index >= 15 is 0 Å². The molecule has 1 aliphatic rings. The molecule has 0 spiro atoms. The molecule has 17 nitrogen and oxygen atoms in total. The number of para-hydroxylation sites is 1. The second kappa shape index (κ2) is 19.5. The molecule has 3 aromatic rings. The van der Waals surface area contributed by atoms with Crippen molar-refractivity contribution < 1.29 is 48.6 Å². The number of carboxylic acids is 2. The smallest absolute Gasteiger partial charge is 0.326 e. The lowest BCUT2D eigenvalue weighted by molar-refractivity contribution is -0.145. The van der Waals surface area contributed by atoms with E-state index in [0.717, 1.165) is 5.56 Å². The molecule has 17 heteroatoms. The fraction of sp³-hybridized carbons (Fsp3) is 0.333. The van der Waals surface area contributed by atoms with Gasteiger partial charge < -0.3 is 47.4 Å². The fourth-order valence-electron chi connectivity index (χ4n) is 5.84. The third-order valence-electron chi connectivity index (χ3n) is 8.87. The van der Waals surface area contributed by atoms with Crippen molar-refractivity contribution in [1.82, 2.24) is 26.6 Å². The molecule has 1 saturated heterocycles. The summed E-state index contributed by atoms with van der Waals surface area (Å²) in [7, 11) is 0. The second-order valence-corrected chi connectivity index (χ2v) is 13.7. The third-order valence-corrected chi connectivity index (χ3v) is 8.87. The number of carbonyl (C=O) groups excluding carboxylic acids is 6. The van der Waals surface area contributed by atoms with Gasteiger partial charge in [-0.05, 0) is 47.7 Å². The van der Waals surface area contributed by atoms with E-state index < -0.39 is 96.5 Å². The van der Waals surface area contributed by atoms with Crippen LogP contribution in [-0.4, -0.2) is 87.9 Å². The molecule has 3 aromatic carbocycles. The zero-order valence-corrected chi connectivity index (χ0v) is 31.0. The molecule has 5 atom stereocenters. The van der Waals surface area contributed by atoms with E-state index in [4.69, 9.17) is 0 Å². The Balaban J connectivity index is 1.66. The summed E-state index contributed by atoms with van der Waals surface area (Å²) in [5.41, 5.74) is 2.98. The van der Waals surface area contributed by atoms with E-state index in [9.17, 15) is 48.6 Å². The minimum Gasteiger partial charge on any atom is -0.481 e. The summed E-state index contributed by atoms with van der Waals surface area (Å²) in [6, 6.07) is 13.9. The van der Waals surface area contributed by atoms with Crippen LogP contribution >= 0.6 is 0 Å². The number of aryl methyl sites for hydroxylation is 1. The van der Waals surface area contributed by atoms with Crippen molar-refractivity contribution in [3.8, 4) is 0 Å². The molecule has 9 N–H and O–H groups in total. The van der Waals surface area contributed by atoms with Crippen LogP contribution in [0.5, 0.6) is 0 Å². The SMILES string of the molecule is Cc1ccccc1NC(=O)Nc1ccc(C[C@@H]2NC(=O)C[C@@H](C(=O)O)NC(=O)[C@H](C(C)C)NC(=O)[C@H](CC(=O)O)NC(=O)[C@H](Cc3ccccc3)NC2=O)cc1. The first-order chi connectivity index (χ1) is 26.6. The number of benzene rings is 3. The van der Waals surface area contributed by atoms with Gasteiger partial charge in [-0.1, -0.05) is 74.5 Å². The molecular formula is C39H45N7O10. The number of anilines is 2. The van der Waals surface area contributed by atoms with Crippen LogP contribution < -0.4 is 37.2 Å². The van der Waals surface area contributed by atoms with E-state index in [1.807, 2.05) is 19.1 Å². The van der Waals surface area contributed by atoms with Crippen molar-refractivity contribution in [3.63, 3.8) is 0 Å². The van der Waals surface area contributed by atoms with Gasteiger partial charge >= 0.3 is 18.0 Å². The zero-order chi connectivity index (χ0) is 40.9. The Morgan fingerprint density at radius 3 is 1.80 bits per heavy atom. The Labute approximate surface area is 322 Å². The average molecular weight is 772 g/mol. The van der Waals surface area contributed by atoms with Crippen LogP contribution in [-0.2, 0) is 46.4 Å². The van der Waals surface area contributed by atoms with Gasteiger partial charge in [0.25, 0.3) is 0 Å². The Morgan fingerprint density at radius 2 is 1.21 bits per heavy atom. The highest BCUT2D eigenvalue weighted by Crippen LogP contribution is 2.16. The van der Waals surface area contributed by atoms with Crippen molar-refractivity contribution in [2.75, 3.05) is 10.6 Å². The molecule has 1 aliphatic heterocycles. The highest BCUT2D eigenvalue weighted by molar-refractivity contribution is 6.00. The van der Waals surface area contributed by atoms with E-state index in [2.05, 4.69) is 37.2 Å². The maximum absolute atomic E-state index is 14.0. The summed E-state index contributed by atoms with van der Waals surface area (Å²) in [5.74, 6) is -8.38. The van der Waals surface area contributed by atoms with Crippen LogP contribution in [0.4, 0.5) is 16.2 Å². The number of hydrogen-bond donors (Lipinski definition) is 9. The monoisotopic (exact) mass is 771 g/mol. The van der Waals surface area contributed by atoms with Gasteiger partial charge in [-0.15, -0.1) is 0 Å². The number of hydrogen-bond acceptors (Lipinski definition) is 8. The highest BCUT2D eigenvalue weighted by Gasteiger charge is 2.36. The van der Waals surface area contributed by atoms with Gasteiger partial charge in [-0.2, -0.15) is 0 Å². The molecule has 296 valence electrons. The Morgan fingerprint density at radius 1 is 0.661 bits per heavy atom. The molecule has 0 aromatic heterocycles. The van der Waals surface area contributed by atoms with Gasteiger partial charge in [0, 0.05) is 24.2 Å². The fourth-order valence-corrected chi connectivity index (χ4v) is 5.84. The van der Waals surface area contributed by atoms with Gasteiger partial charge in [0.15, 0.2) is 0 Å². The molecular weight excluding hydrogens is 726 g/mol. The summed E-state index contributed by atoms with van der Waals surface area (Å²) in [6.07, 6.45) is -1.97. The number of carbonyl (C=O) groups is 8. The normalized spacial score (nSPS) is 21.1. The van der Waals surface area contributed by atoms with E-state index in [1.54, 1.807) is 80.6 Å². The largest absolute Gasteiger partial charge is 0.481 e. The number of nitrogens with one attached hydrogen (secondary N) is 7. The highest BCUT2D eigenvalue weighted by atomic mass is 16.4. The summed E-state index contributed by atoms with van der Waals surface area (Å²) in [5, 5.41) is 37.1. The molecule has 56 heavy (non-hydrogen) atoms. The van der Waals surface area contributed by atoms with Crippen molar-refractivity contribution in [2.24, 2.45) is 5.92 Å². The topological polar surface area (TPSA) is 261 Å². The minimum absolute atomic E-state index is 0.108. The lowest BCUT2D eigenvalue weighted by Gasteiger charge is -2.28. The van der Waals surface area contributed by atoms with Gasteiger partial charge in [-0.3, -0.25) is 28.8 Å². The van der Waals surface area contributed by atoms with Gasteiger partial charge in [-0.25, -0.2) is 9.59 Å². The Bertz CT molecular complexity index is 1940. The molecule has 4 rings (SSSR count). The van der Waals surface area contributed by atoms with Gasteiger partial charge in [0.1, 0.15) is 30.2 Å². The van der Waals surface area contributed by atoms with Crippen LogP contribution in [0.1, 0.15) is 43.4 Å². The maximum Gasteiger partial charge on any atom is 0.326 e.